The second-order valence-electron chi connectivity index (χ2n) is 7.16. The summed E-state index contributed by atoms with van der Waals surface area (Å²) in [6, 6.07) is 12.2. The molecule has 0 amide bonds. The van der Waals surface area contributed by atoms with Gasteiger partial charge in [0.25, 0.3) is 0 Å². The van der Waals surface area contributed by atoms with Gasteiger partial charge in [-0.25, -0.2) is 0 Å². The van der Waals surface area contributed by atoms with E-state index < -0.39 is 0 Å². The van der Waals surface area contributed by atoms with E-state index in [-0.39, 0.29) is 0 Å². The molecule has 3 unspecified atom stereocenters. The summed E-state index contributed by atoms with van der Waals surface area (Å²) < 4.78 is 0. The molecule has 118 valence electrons. The van der Waals surface area contributed by atoms with Gasteiger partial charge in [-0.05, 0) is 36.7 Å². The summed E-state index contributed by atoms with van der Waals surface area (Å²) in [5, 5.41) is 3.97. The van der Waals surface area contributed by atoms with Crippen LogP contribution in [0.1, 0.15) is 77.3 Å². The second-order valence-corrected chi connectivity index (χ2v) is 7.16. The highest BCUT2D eigenvalue weighted by Crippen LogP contribution is 2.29. The fourth-order valence-corrected chi connectivity index (χ4v) is 3.83. The van der Waals surface area contributed by atoms with E-state index in [4.69, 9.17) is 0 Å². The van der Waals surface area contributed by atoms with E-state index in [0.717, 1.165) is 5.92 Å². The van der Waals surface area contributed by atoms with Crippen LogP contribution < -0.4 is 5.32 Å². The molecule has 1 N–H and O–H groups in total. The molecular formula is C20H33N. The molecule has 1 aromatic carbocycles. The minimum atomic E-state index is 0.499. The van der Waals surface area contributed by atoms with E-state index in [2.05, 4.69) is 56.4 Å². The Hall–Kier alpha value is -0.820. The summed E-state index contributed by atoms with van der Waals surface area (Å²) in [6.07, 6.45) is 9.77. The number of rotatable bonds is 6. The number of benzene rings is 1. The fourth-order valence-electron chi connectivity index (χ4n) is 3.83. The van der Waals surface area contributed by atoms with Crippen molar-refractivity contribution in [3.05, 3.63) is 35.9 Å². The molecule has 0 heterocycles. The van der Waals surface area contributed by atoms with Gasteiger partial charge < -0.3 is 5.32 Å². The van der Waals surface area contributed by atoms with Crippen molar-refractivity contribution in [3.63, 3.8) is 0 Å². The zero-order chi connectivity index (χ0) is 15.1. The number of nitrogens with one attached hydrogen (secondary N) is 1. The molecule has 1 heteroatoms. The number of hydrogen-bond acceptors (Lipinski definition) is 1. The molecule has 0 aliphatic heterocycles. The van der Waals surface area contributed by atoms with Gasteiger partial charge in [0.15, 0.2) is 0 Å². The monoisotopic (exact) mass is 287 g/mol. The third-order valence-electron chi connectivity index (χ3n) is 5.03. The lowest BCUT2D eigenvalue weighted by atomic mass is 9.93. The molecule has 1 aromatic rings. The third-order valence-corrected chi connectivity index (χ3v) is 5.03. The minimum Gasteiger partial charge on any atom is -0.307 e. The van der Waals surface area contributed by atoms with Crippen molar-refractivity contribution in [1.82, 2.24) is 5.32 Å². The van der Waals surface area contributed by atoms with E-state index >= 15 is 0 Å². The molecule has 1 nitrogen and oxygen atoms in total. The predicted octanol–water partition coefficient (Wildman–Crippen LogP) is 5.72. The lowest BCUT2D eigenvalue weighted by molar-refractivity contribution is 0.333. The first kappa shape index (κ1) is 16.5. The highest BCUT2D eigenvalue weighted by atomic mass is 15.0. The summed E-state index contributed by atoms with van der Waals surface area (Å²) in [5.41, 5.74) is 1.45. The zero-order valence-corrected chi connectivity index (χ0v) is 14.1. The SMILES string of the molecule is CCCC1CCCC(NC(c2ccccc2)C(C)C)CC1. The van der Waals surface area contributed by atoms with Gasteiger partial charge in [-0.2, -0.15) is 0 Å². The van der Waals surface area contributed by atoms with Crippen molar-refractivity contribution in [2.45, 2.75) is 77.8 Å². The van der Waals surface area contributed by atoms with Gasteiger partial charge in [0.05, 0.1) is 0 Å². The fraction of sp³-hybridized carbons (Fsp3) is 0.700. The first-order chi connectivity index (χ1) is 10.2. The maximum absolute atomic E-state index is 3.97. The summed E-state index contributed by atoms with van der Waals surface area (Å²) in [7, 11) is 0. The van der Waals surface area contributed by atoms with Crippen LogP contribution in [0.5, 0.6) is 0 Å². The third kappa shape index (κ3) is 5.14. The first-order valence-corrected chi connectivity index (χ1v) is 9.01. The molecule has 1 aliphatic rings. The Morgan fingerprint density at radius 1 is 1.05 bits per heavy atom. The first-order valence-electron chi connectivity index (χ1n) is 9.01. The smallest absolute Gasteiger partial charge is 0.0345 e. The van der Waals surface area contributed by atoms with E-state index in [1.54, 1.807) is 0 Å². The van der Waals surface area contributed by atoms with Crippen molar-refractivity contribution in [3.8, 4) is 0 Å². The molecule has 0 spiro atoms. The van der Waals surface area contributed by atoms with Crippen LogP contribution in [0.2, 0.25) is 0 Å². The van der Waals surface area contributed by atoms with Gasteiger partial charge in [0, 0.05) is 12.1 Å². The van der Waals surface area contributed by atoms with Gasteiger partial charge in [-0.1, -0.05) is 76.8 Å². The Balaban J connectivity index is 1.95. The van der Waals surface area contributed by atoms with Crippen molar-refractivity contribution in [1.29, 1.82) is 0 Å². The van der Waals surface area contributed by atoms with Crippen LogP contribution in [0.25, 0.3) is 0 Å². The van der Waals surface area contributed by atoms with Gasteiger partial charge in [-0.3, -0.25) is 0 Å². The summed E-state index contributed by atoms with van der Waals surface area (Å²) in [4.78, 5) is 0. The Labute approximate surface area is 131 Å². The maximum Gasteiger partial charge on any atom is 0.0345 e. The van der Waals surface area contributed by atoms with Gasteiger partial charge in [0.1, 0.15) is 0 Å². The Kier molecular flexibility index (Phi) is 6.76. The molecule has 3 atom stereocenters. The van der Waals surface area contributed by atoms with Crippen molar-refractivity contribution >= 4 is 0 Å². The molecule has 21 heavy (non-hydrogen) atoms. The van der Waals surface area contributed by atoms with Crippen LogP contribution in [0.3, 0.4) is 0 Å². The van der Waals surface area contributed by atoms with Crippen LogP contribution >= 0.6 is 0 Å². The van der Waals surface area contributed by atoms with Crippen LogP contribution in [0.4, 0.5) is 0 Å². The largest absolute Gasteiger partial charge is 0.307 e. The minimum absolute atomic E-state index is 0.499. The standard InChI is InChI=1S/C20H33N/c1-4-9-17-10-8-13-19(15-14-17)21-20(16(2)3)18-11-6-5-7-12-18/h5-7,11-12,16-17,19-21H,4,8-10,13-15H2,1-3H3. The summed E-state index contributed by atoms with van der Waals surface area (Å²) in [6.45, 7) is 6.99. The Morgan fingerprint density at radius 3 is 2.48 bits per heavy atom. The highest BCUT2D eigenvalue weighted by molar-refractivity contribution is 5.19. The molecule has 1 saturated carbocycles. The van der Waals surface area contributed by atoms with E-state index in [1.165, 1.54) is 50.5 Å². The van der Waals surface area contributed by atoms with Crippen LogP contribution in [-0.4, -0.2) is 6.04 Å². The molecular weight excluding hydrogens is 254 g/mol. The van der Waals surface area contributed by atoms with Crippen LogP contribution in [0.15, 0.2) is 30.3 Å². The maximum atomic E-state index is 3.97. The predicted molar refractivity (Wildman–Crippen MR) is 92.4 cm³/mol. The van der Waals surface area contributed by atoms with Crippen molar-refractivity contribution < 1.29 is 0 Å². The lowest BCUT2D eigenvalue weighted by Gasteiger charge is -2.28. The molecule has 0 bridgehead atoms. The quantitative estimate of drug-likeness (QED) is 0.660. The molecule has 1 aliphatic carbocycles. The van der Waals surface area contributed by atoms with Crippen molar-refractivity contribution in [2.24, 2.45) is 11.8 Å². The summed E-state index contributed by atoms with van der Waals surface area (Å²) in [5.74, 6) is 1.62. The lowest BCUT2D eigenvalue weighted by Crippen LogP contribution is -2.35. The highest BCUT2D eigenvalue weighted by Gasteiger charge is 2.23. The molecule has 0 radical (unpaired) electrons. The van der Waals surface area contributed by atoms with Crippen LogP contribution in [-0.2, 0) is 0 Å². The average molecular weight is 287 g/mol. The van der Waals surface area contributed by atoms with Gasteiger partial charge in [-0.15, -0.1) is 0 Å². The second kappa shape index (κ2) is 8.58. The summed E-state index contributed by atoms with van der Waals surface area (Å²) >= 11 is 0. The molecule has 1 fully saturated rings. The molecule has 0 aromatic heterocycles. The van der Waals surface area contributed by atoms with Crippen molar-refractivity contribution in [2.75, 3.05) is 0 Å². The zero-order valence-electron chi connectivity index (χ0n) is 14.1. The average Bonchev–Trinajstić information content (AvgIpc) is 2.71. The van der Waals surface area contributed by atoms with Gasteiger partial charge in [0.2, 0.25) is 0 Å². The normalized spacial score (nSPS) is 24.8. The molecule has 2 rings (SSSR count). The Bertz CT molecular complexity index is 384. The topological polar surface area (TPSA) is 12.0 Å². The Morgan fingerprint density at radius 2 is 1.81 bits per heavy atom. The van der Waals surface area contributed by atoms with Crippen LogP contribution in [0, 0.1) is 11.8 Å². The number of hydrogen-bond donors (Lipinski definition) is 1. The van der Waals surface area contributed by atoms with E-state index in [9.17, 15) is 0 Å². The van der Waals surface area contributed by atoms with E-state index in [1.807, 2.05) is 0 Å². The van der Waals surface area contributed by atoms with E-state index in [0.29, 0.717) is 18.0 Å². The van der Waals surface area contributed by atoms with Gasteiger partial charge >= 0.3 is 0 Å². The molecule has 0 saturated heterocycles.